The molecule has 2 unspecified atom stereocenters. The van der Waals surface area contributed by atoms with Crippen LogP contribution in [0.4, 0.5) is 10.5 Å². The number of anilines is 1. The normalized spacial score (nSPS) is 25.2. The summed E-state index contributed by atoms with van der Waals surface area (Å²) in [5.41, 5.74) is 3.56. The number of piperidine rings is 1. The fourth-order valence-corrected chi connectivity index (χ4v) is 3.54. The van der Waals surface area contributed by atoms with Crippen LogP contribution in [-0.2, 0) is 0 Å². The Morgan fingerprint density at radius 3 is 2.95 bits per heavy atom. The third kappa shape index (κ3) is 1.91. The van der Waals surface area contributed by atoms with Crippen LogP contribution in [0.2, 0.25) is 0 Å². The van der Waals surface area contributed by atoms with Crippen molar-refractivity contribution in [2.24, 2.45) is 0 Å². The van der Waals surface area contributed by atoms with E-state index in [9.17, 15) is 4.79 Å². The SMILES string of the molecule is CCN1CCC2CC1c1ccc(N(C)C(=O)O)cc12. The van der Waals surface area contributed by atoms with Crippen molar-refractivity contribution in [3.8, 4) is 0 Å². The monoisotopic (exact) mass is 260 g/mol. The summed E-state index contributed by atoms with van der Waals surface area (Å²) in [4.78, 5) is 14.9. The lowest BCUT2D eigenvalue weighted by molar-refractivity contribution is 0.161. The van der Waals surface area contributed by atoms with Crippen molar-refractivity contribution in [3.05, 3.63) is 29.3 Å². The molecule has 19 heavy (non-hydrogen) atoms. The van der Waals surface area contributed by atoms with Crippen LogP contribution in [0.1, 0.15) is 42.9 Å². The second-order valence-corrected chi connectivity index (χ2v) is 5.52. The first-order valence-corrected chi connectivity index (χ1v) is 6.96. The molecule has 1 aliphatic heterocycles. The fourth-order valence-electron chi connectivity index (χ4n) is 3.54. The van der Waals surface area contributed by atoms with E-state index in [1.54, 1.807) is 7.05 Å². The van der Waals surface area contributed by atoms with Gasteiger partial charge < -0.3 is 5.11 Å². The van der Waals surface area contributed by atoms with Crippen molar-refractivity contribution in [2.75, 3.05) is 25.0 Å². The van der Waals surface area contributed by atoms with Crippen LogP contribution in [0.3, 0.4) is 0 Å². The maximum absolute atomic E-state index is 11.0. The van der Waals surface area contributed by atoms with Gasteiger partial charge in [-0.1, -0.05) is 13.0 Å². The Balaban J connectivity index is 1.98. The highest BCUT2D eigenvalue weighted by Crippen LogP contribution is 2.49. The van der Waals surface area contributed by atoms with Crippen molar-refractivity contribution >= 4 is 11.8 Å². The minimum absolute atomic E-state index is 0.544. The molecule has 1 aliphatic carbocycles. The molecule has 0 spiro atoms. The molecular formula is C15H20N2O2. The summed E-state index contributed by atoms with van der Waals surface area (Å²) in [6.45, 7) is 4.46. The number of hydrogen-bond donors (Lipinski definition) is 1. The Kier molecular flexibility index (Phi) is 2.97. The van der Waals surface area contributed by atoms with Gasteiger partial charge in [-0.05, 0) is 55.1 Å². The number of hydrogen-bond acceptors (Lipinski definition) is 2. The second-order valence-electron chi connectivity index (χ2n) is 5.52. The summed E-state index contributed by atoms with van der Waals surface area (Å²) in [5.74, 6) is 0.616. The Morgan fingerprint density at radius 1 is 1.47 bits per heavy atom. The van der Waals surface area contributed by atoms with E-state index in [0.29, 0.717) is 12.0 Å². The third-order valence-electron chi connectivity index (χ3n) is 4.66. The molecule has 0 saturated carbocycles. The maximum atomic E-state index is 11.0. The summed E-state index contributed by atoms with van der Waals surface area (Å²) in [6, 6.07) is 6.68. The summed E-state index contributed by atoms with van der Waals surface area (Å²) >= 11 is 0. The molecule has 0 radical (unpaired) electrons. The van der Waals surface area contributed by atoms with Gasteiger partial charge in [-0.15, -0.1) is 0 Å². The van der Waals surface area contributed by atoms with Gasteiger partial charge in [-0.2, -0.15) is 0 Å². The van der Waals surface area contributed by atoms with E-state index < -0.39 is 6.09 Å². The number of nitrogens with zero attached hydrogens (tertiary/aromatic N) is 2. The lowest BCUT2D eigenvalue weighted by Crippen LogP contribution is -2.31. The number of amides is 1. The third-order valence-corrected chi connectivity index (χ3v) is 4.66. The Labute approximate surface area is 113 Å². The number of fused-ring (bicyclic) bond motifs is 5. The van der Waals surface area contributed by atoms with Gasteiger partial charge in [0.05, 0.1) is 0 Å². The van der Waals surface area contributed by atoms with Crippen LogP contribution in [-0.4, -0.2) is 36.2 Å². The zero-order valence-electron chi connectivity index (χ0n) is 11.5. The lowest BCUT2D eigenvalue weighted by atomic mass is 9.95. The van der Waals surface area contributed by atoms with Crippen LogP contribution in [0.5, 0.6) is 0 Å². The number of benzene rings is 1. The topological polar surface area (TPSA) is 43.8 Å². The van der Waals surface area contributed by atoms with E-state index in [1.165, 1.54) is 28.9 Å². The Morgan fingerprint density at radius 2 is 2.26 bits per heavy atom. The molecule has 1 aromatic carbocycles. The van der Waals surface area contributed by atoms with E-state index in [0.717, 1.165) is 18.8 Å². The highest BCUT2D eigenvalue weighted by Gasteiger charge is 2.38. The highest BCUT2D eigenvalue weighted by atomic mass is 16.4. The second kappa shape index (κ2) is 4.53. The van der Waals surface area contributed by atoms with E-state index in [-0.39, 0.29) is 0 Å². The molecule has 4 heteroatoms. The maximum Gasteiger partial charge on any atom is 0.411 e. The molecule has 2 aliphatic rings. The van der Waals surface area contributed by atoms with Crippen molar-refractivity contribution in [1.29, 1.82) is 0 Å². The van der Waals surface area contributed by atoms with Gasteiger partial charge in [0.15, 0.2) is 0 Å². The first-order valence-electron chi connectivity index (χ1n) is 6.96. The largest absolute Gasteiger partial charge is 0.465 e. The first kappa shape index (κ1) is 12.5. The quantitative estimate of drug-likeness (QED) is 0.888. The lowest BCUT2D eigenvalue weighted by Gasteiger charge is -2.32. The molecule has 1 N–H and O–H groups in total. The van der Waals surface area contributed by atoms with Crippen LogP contribution in [0.25, 0.3) is 0 Å². The molecule has 102 valence electrons. The zero-order valence-corrected chi connectivity index (χ0v) is 11.5. The summed E-state index contributed by atoms with van der Waals surface area (Å²) < 4.78 is 0. The van der Waals surface area contributed by atoms with Gasteiger partial charge in [0.2, 0.25) is 0 Å². The number of carbonyl (C=O) groups is 1. The van der Waals surface area contributed by atoms with Crippen molar-refractivity contribution < 1.29 is 9.90 Å². The fraction of sp³-hybridized carbons (Fsp3) is 0.533. The zero-order chi connectivity index (χ0) is 13.6. The smallest absolute Gasteiger partial charge is 0.411 e. The predicted molar refractivity (Wildman–Crippen MR) is 74.8 cm³/mol. The molecule has 1 fully saturated rings. The average Bonchev–Trinajstić information content (AvgIpc) is 2.72. The molecule has 4 nitrogen and oxygen atoms in total. The molecular weight excluding hydrogens is 240 g/mol. The first-order chi connectivity index (χ1) is 9.11. The molecule has 1 heterocycles. The van der Waals surface area contributed by atoms with Crippen molar-refractivity contribution in [2.45, 2.75) is 31.7 Å². The van der Waals surface area contributed by atoms with Crippen LogP contribution >= 0.6 is 0 Å². The van der Waals surface area contributed by atoms with Gasteiger partial charge in [0.25, 0.3) is 0 Å². The minimum Gasteiger partial charge on any atom is -0.465 e. The van der Waals surface area contributed by atoms with E-state index in [2.05, 4.69) is 24.0 Å². The summed E-state index contributed by atoms with van der Waals surface area (Å²) in [7, 11) is 1.60. The number of rotatable bonds is 2. The van der Waals surface area contributed by atoms with Gasteiger partial charge in [-0.3, -0.25) is 9.80 Å². The molecule has 3 rings (SSSR count). The van der Waals surface area contributed by atoms with E-state index in [1.807, 2.05) is 6.07 Å². The molecule has 1 amide bonds. The van der Waals surface area contributed by atoms with Crippen LogP contribution < -0.4 is 4.90 Å². The molecule has 2 bridgehead atoms. The summed E-state index contributed by atoms with van der Waals surface area (Å²) in [5, 5.41) is 9.07. The standard InChI is InChI=1S/C15H20N2O2/c1-3-17-7-6-10-8-14(17)12-5-4-11(9-13(10)12)16(2)15(18)19/h4-5,9-10,14H,3,6-8H2,1-2H3,(H,18,19). The van der Waals surface area contributed by atoms with Crippen LogP contribution in [0, 0.1) is 0 Å². The molecule has 0 aromatic heterocycles. The average molecular weight is 260 g/mol. The number of carboxylic acid groups (broad SMARTS) is 1. The van der Waals surface area contributed by atoms with Crippen molar-refractivity contribution in [1.82, 2.24) is 4.90 Å². The van der Waals surface area contributed by atoms with Gasteiger partial charge >= 0.3 is 6.09 Å². The van der Waals surface area contributed by atoms with Gasteiger partial charge in [0, 0.05) is 18.8 Å². The molecule has 1 saturated heterocycles. The predicted octanol–water partition coefficient (Wildman–Crippen LogP) is 3.05. The Hall–Kier alpha value is -1.55. The highest BCUT2D eigenvalue weighted by molar-refractivity contribution is 5.85. The van der Waals surface area contributed by atoms with Gasteiger partial charge in [0.1, 0.15) is 0 Å². The van der Waals surface area contributed by atoms with Crippen molar-refractivity contribution in [3.63, 3.8) is 0 Å². The van der Waals surface area contributed by atoms with E-state index >= 15 is 0 Å². The summed E-state index contributed by atoms with van der Waals surface area (Å²) in [6.07, 6.45) is 1.48. The minimum atomic E-state index is -0.906. The Bertz CT molecular complexity index is 515. The van der Waals surface area contributed by atoms with Gasteiger partial charge in [-0.25, -0.2) is 4.79 Å². The number of likely N-dealkylation sites (tertiary alicyclic amines) is 1. The van der Waals surface area contributed by atoms with E-state index in [4.69, 9.17) is 5.11 Å². The molecule has 1 aromatic rings. The molecule has 2 atom stereocenters. The van der Waals surface area contributed by atoms with Crippen LogP contribution in [0.15, 0.2) is 18.2 Å².